The van der Waals surface area contributed by atoms with E-state index < -0.39 is 15.7 Å². The largest absolute Gasteiger partial charge is 0.306 e. The first kappa shape index (κ1) is 16.8. The van der Waals surface area contributed by atoms with Crippen molar-refractivity contribution < 1.29 is 13.2 Å². The quantitative estimate of drug-likeness (QED) is 0.762. The second-order valence-corrected chi connectivity index (χ2v) is 7.25. The number of nitrogens with one attached hydrogen (secondary N) is 1. The third-order valence-electron chi connectivity index (χ3n) is 3.49. The standard InChI is InChI=1S/C18H15N3O3S/c22-18(21-17-10-11-19-13-20-17)15-8-4-5-9-16(15)25(23,24)12-14-6-2-1-3-7-14/h1-11,13H,12H2,(H,19,20,21,22). The highest BCUT2D eigenvalue weighted by molar-refractivity contribution is 7.90. The average molecular weight is 353 g/mol. The van der Waals surface area contributed by atoms with Crippen molar-refractivity contribution in [1.82, 2.24) is 9.97 Å². The molecule has 1 N–H and O–H groups in total. The Hall–Kier alpha value is -3.06. The number of rotatable bonds is 5. The topological polar surface area (TPSA) is 89.0 Å². The molecule has 6 nitrogen and oxygen atoms in total. The van der Waals surface area contributed by atoms with Gasteiger partial charge in [0.1, 0.15) is 12.1 Å². The van der Waals surface area contributed by atoms with Crippen molar-refractivity contribution >= 4 is 21.6 Å². The van der Waals surface area contributed by atoms with E-state index in [1.807, 2.05) is 6.07 Å². The molecule has 126 valence electrons. The highest BCUT2D eigenvalue weighted by atomic mass is 32.2. The van der Waals surface area contributed by atoms with Crippen LogP contribution in [0.1, 0.15) is 15.9 Å². The van der Waals surface area contributed by atoms with E-state index in [0.717, 1.165) is 0 Å². The first-order valence-electron chi connectivity index (χ1n) is 7.49. The van der Waals surface area contributed by atoms with Crippen molar-refractivity contribution in [3.8, 4) is 0 Å². The SMILES string of the molecule is O=C(Nc1ccncn1)c1ccccc1S(=O)(=O)Cc1ccccc1. The summed E-state index contributed by atoms with van der Waals surface area (Å²) in [6.07, 6.45) is 2.79. The highest BCUT2D eigenvalue weighted by Crippen LogP contribution is 2.21. The first-order chi connectivity index (χ1) is 12.1. The number of sulfone groups is 1. The lowest BCUT2D eigenvalue weighted by molar-refractivity contribution is 0.102. The van der Waals surface area contributed by atoms with Crippen LogP contribution in [0.2, 0.25) is 0 Å². The van der Waals surface area contributed by atoms with E-state index in [0.29, 0.717) is 11.4 Å². The first-order valence-corrected chi connectivity index (χ1v) is 9.14. The molecule has 0 aliphatic heterocycles. The van der Waals surface area contributed by atoms with Crippen molar-refractivity contribution in [3.05, 3.63) is 84.3 Å². The van der Waals surface area contributed by atoms with Gasteiger partial charge >= 0.3 is 0 Å². The van der Waals surface area contributed by atoms with E-state index in [1.54, 1.807) is 36.4 Å². The molecule has 0 radical (unpaired) electrons. The fourth-order valence-corrected chi connectivity index (χ4v) is 3.91. The number of nitrogens with zero attached hydrogens (tertiary/aromatic N) is 2. The zero-order valence-electron chi connectivity index (χ0n) is 13.2. The van der Waals surface area contributed by atoms with Gasteiger partial charge in [-0.25, -0.2) is 18.4 Å². The molecular weight excluding hydrogens is 338 g/mol. The molecule has 3 aromatic rings. The van der Waals surface area contributed by atoms with E-state index in [4.69, 9.17) is 0 Å². The minimum Gasteiger partial charge on any atom is -0.306 e. The molecule has 0 bridgehead atoms. The van der Waals surface area contributed by atoms with Crippen LogP contribution in [0.25, 0.3) is 0 Å². The van der Waals surface area contributed by atoms with Crippen LogP contribution in [0.4, 0.5) is 5.82 Å². The summed E-state index contributed by atoms with van der Waals surface area (Å²) >= 11 is 0. The molecule has 0 atom stereocenters. The number of anilines is 1. The highest BCUT2D eigenvalue weighted by Gasteiger charge is 2.22. The van der Waals surface area contributed by atoms with Gasteiger partial charge in [-0.05, 0) is 23.8 Å². The number of amides is 1. The van der Waals surface area contributed by atoms with Crippen LogP contribution in [-0.2, 0) is 15.6 Å². The van der Waals surface area contributed by atoms with Gasteiger partial charge in [-0.3, -0.25) is 4.79 Å². The Kier molecular flexibility index (Phi) is 4.85. The maximum absolute atomic E-state index is 12.8. The predicted octanol–water partition coefficient (Wildman–Crippen LogP) is 2.70. The summed E-state index contributed by atoms with van der Waals surface area (Å²) in [5, 5.41) is 2.58. The lowest BCUT2D eigenvalue weighted by atomic mass is 10.2. The van der Waals surface area contributed by atoms with E-state index in [-0.39, 0.29) is 16.2 Å². The minimum absolute atomic E-state index is 0.00888. The number of hydrogen-bond acceptors (Lipinski definition) is 5. The van der Waals surface area contributed by atoms with Gasteiger partial charge in [-0.2, -0.15) is 0 Å². The summed E-state index contributed by atoms with van der Waals surface area (Å²) in [5.74, 6) is -0.410. The van der Waals surface area contributed by atoms with Crippen LogP contribution in [0.3, 0.4) is 0 Å². The molecule has 0 unspecified atom stereocenters. The van der Waals surface area contributed by atoms with E-state index in [2.05, 4.69) is 15.3 Å². The molecule has 25 heavy (non-hydrogen) atoms. The summed E-state index contributed by atoms with van der Waals surface area (Å²) in [5.41, 5.74) is 0.741. The fraction of sp³-hybridized carbons (Fsp3) is 0.0556. The Labute approximate surface area is 145 Å². The number of carbonyl (C=O) groups excluding carboxylic acids is 1. The maximum atomic E-state index is 12.8. The van der Waals surface area contributed by atoms with Gasteiger partial charge in [0.15, 0.2) is 9.84 Å². The van der Waals surface area contributed by atoms with Crippen molar-refractivity contribution in [1.29, 1.82) is 0 Å². The average Bonchev–Trinajstić information content (AvgIpc) is 2.63. The van der Waals surface area contributed by atoms with Crippen molar-refractivity contribution in [3.63, 3.8) is 0 Å². The summed E-state index contributed by atoms with van der Waals surface area (Å²) < 4.78 is 25.5. The van der Waals surface area contributed by atoms with Crippen LogP contribution in [-0.4, -0.2) is 24.3 Å². The summed E-state index contributed by atoms with van der Waals surface area (Å²) in [6, 6.07) is 16.5. The summed E-state index contributed by atoms with van der Waals surface area (Å²) in [6.45, 7) is 0. The lowest BCUT2D eigenvalue weighted by Crippen LogP contribution is -2.18. The molecule has 0 saturated carbocycles. The molecule has 1 amide bonds. The Morgan fingerprint density at radius 1 is 0.960 bits per heavy atom. The van der Waals surface area contributed by atoms with Gasteiger partial charge in [-0.1, -0.05) is 42.5 Å². The molecule has 0 spiro atoms. The third-order valence-corrected chi connectivity index (χ3v) is 5.23. The van der Waals surface area contributed by atoms with Gasteiger partial charge in [-0.15, -0.1) is 0 Å². The predicted molar refractivity (Wildman–Crippen MR) is 93.8 cm³/mol. The van der Waals surface area contributed by atoms with E-state index in [1.165, 1.54) is 30.7 Å². The lowest BCUT2D eigenvalue weighted by Gasteiger charge is -2.10. The molecule has 1 aromatic heterocycles. The van der Waals surface area contributed by atoms with Gasteiger partial charge in [0.25, 0.3) is 5.91 Å². The van der Waals surface area contributed by atoms with E-state index in [9.17, 15) is 13.2 Å². The molecule has 7 heteroatoms. The Morgan fingerprint density at radius 2 is 1.68 bits per heavy atom. The van der Waals surface area contributed by atoms with E-state index >= 15 is 0 Å². The van der Waals surface area contributed by atoms with Crippen LogP contribution in [0.15, 0.2) is 78.1 Å². The van der Waals surface area contributed by atoms with Gasteiger partial charge in [0, 0.05) is 6.20 Å². The zero-order chi connectivity index (χ0) is 17.7. The second-order valence-electron chi connectivity index (χ2n) is 5.29. The minimum atomic E-state index is -3.67. The number of hydrogen-bond donors (Lipinski definition) is 1. The van der Waals surface area contributed by atoms with Gasteiger partial charge in [0.05, 0.1) is 16.2 Å². The molecule has 1 heterocycles. The van der Waals surface area contributed by atoms with Crippen LogP contribution < -0.4 is 5.32 Å². The molecule has 0 aliphatic rings. The summed E-state index contributed by atoms with van der Waals surface area (Å²) in [4.78, 5) is 20.2. The third kappa shape index (κ3) is 4.07. The monoisotopic (exact) mass is 353 g/mol. The van der Waals surface area contributed by atoms with Crippen molar-refractivity contribution in [2.75, 3.05) is 5.32 Å². The van der Waals surface area contributed by atoms with Crippen molar-refractivity contribution in [2.24, 2.45) is 0 Å². The molecule has 0 fully saturated rings. The van der Waals surface area contributed by atoms with Crippen LogP contribution in [0, 0.1) is 0 Å². The van der Waals surface area contributed by atoms with Crippen LogP contribution >= 0.6 is 0 Å². The van der Waals surface area contributed by atoms with Crippen LogP contribution in [0.5, 0.6) is 0 Å². The van der Waals surface area contributed by atoms with Gasteiger partial charge in [0.2, 0.25) is 0 Å². The molecular formula is C18H15N3O3S. The number of carbonyl (C=O) groups is 1. The maximum Gasteiger partial charge on any atom is 0.258 e. The number of benzene rings is 2. The molecule has 2 aromatic carbocycles. The molecule has 3 rings (SSSR count). The van der Waals surface area contributed by atoms with Crippen molar-refractivity contribution in [2.45, 2.75) is 10.6 Å². The molecule has 0 saturated heterocycles. The van der Waals surface area contributed by atoms with Gasteiger partial charge < -0.3 is 5.32 Å². The normalized spacial score (nSPS) is 11.0. The second kappa shape index (κ2) is 7.23. The zero-order valence-corrected chi connectivity index (χ0v) is 14.0. The summed E-state index contributed by atoms with van der Waals surface area (Å²) in [7, 11) is -3.67. The number of aromatic nitrogens is 2. The smallest absolute Gasteiger partial charge is 0.258 e. The Bertz CT molecular complexity index is 975. The Balaban J connectivity index is 1.91. The fourth-order valence-electron chi connectivity index (χ4n) is 2.35. The Morgan fingerprint density at radius 3 is 2.40 bits per heavy atom. The molecule has 0 aliphatic carbocycles.